The number of esters is 1. The van der Waals surface area contributed by atoms with Crippen molar-refractivity contribution in [3.63, 3.8) is 0 Å². The monoisotopic (exact) mass is 481 g/mol. The first-order valence-corrected chi connectivity index (χ1v) is 11.7. The van der Waals surface area contributed by atoms with E-state index in [4.69, 9.17) is 9.88 Å². The van der Waals surface area contributed by atoms with Crippen LogP contribution in [0.15, 0.2) is 83.8 Å². The van der Waals surface area contributed by atoms with Gasteiger partial charge in [-0.3, -0.25) is 14.4 Å². The number of ether oxygens (including phenoxy) is 1. The Morgan fingerprint density at radius 2 is 1.47 bits per heavy atom. The number of carbonyl (C=O) groups is 3. The molecule has 0 saturated heterocycles. The summed E-state index contributed by atoms with van der Waals surface area (Å²) in [6, 6.07) is 21.8. The molecule has 0 heterocycles. The summed E-state index contributed by atoms with van der Waals surface area (Å²) in [5, 5.41) is 9.98. The van der Waals surface area contributed by atoms with Crippen molar-refractivity contribution in [1.82, 2.24) is 5.32 Å². The average Bonchev–Trinajstić information content (AvgIpc) is 2.83. The fourth-order valence-electron chi connectivity index (χ4n) is 2.96. The van der Waals surface area contributed by atoms with E-state index in [-0.39, 0.29) is 4.90 Å². The summed E-state index contributed by atoms with van der Waals surface area (Å²) in [6.45, 7) is 0.954. The SMILES string of the molecule is C[C@H](OC(=O)CNC(=O)c1ccc(-c2ccccc2)cc1)C(=O)Nc1ccc(S(N)(=O)=O)cc1. The molecule has 0 aliphatic heterocycles. The number of carbonyl (C=O) groups excluding carboxylic acids is 3. The number of sulfonamides is 1. The zero-order chi connectivity index (χ0) is 24.7. The molecule has 0 unspecified atom stereocenters. The molecule has 0 spiro atoms. The van der Waals surface area contributed by atoms with Crippen LogP contribution < -0.4 is 15.8 Å². The van der Waals surface area contributed by atoms with E-state index >= 15 is 0 Å². The predicted octanol–water partition coefficient (Wildman–Crippen LogP) is 2.30. The Bertz CT molecular complexity index is 1270. The number of nitrogens with one attached hydrogen (secondary N) is 2. The van der Waals surface area contributed by atoms with E-state index in [1.165, 1.54) is 31.2 Å². The van der Waals surface area contributed by atoms with Crippen LogP contribution in [-0.4, -0.2) is 38.9 Å². The number of hydrogen-bond donors (Lipinski definition) is 3. The Morgan fingerprint density at radius 1 is 0.882 bits per heavy atom. The zero-order valence-corrected chi connectivity index (χ0v) is 19.0. The molecule has 3 aromatic rings. The molecule has 1 atom stereocenters. The van der Waals surface area contributed by atoms with Gasteiger partial charge < -0.3 is 15.4 Å². The molecule has 0 radical (unpaired) electrons. The summed E-state index contributed by atoms with van der Waals surface area (Å²) >= 11 is 0. The second-order valence-electron chi connectivity index (χ2n) is 7.32. The lowest BCUT2D eigenvalue weighted by Gasteiger charge is -2.14. The summed E-state index contributed by atoms with van der Waals surface area (Å²) in [4.78, 5) is 36.5. The highest BCUT2D eigenvalue weighted by atomic mass is 32.2. The van der Waals surface area contributed by atoms with Crippen LogP contribution in [0.1, 0.15) is 17.3 Å². The average molecular weight is 482 g/mol. The Morgan fingerprint density at radius 3 is 2.06 bits per heavy atom. The summed E-state index contributed by atoms with van der Waals surface area (Å²) in [5.74, 6) is -1.87. The van der Waals surface area contributed by atoms with Crippen molar-refractivity contribution < 1.29 is 27.5 Å². The summed E-state index contributed by atoms with van der Waals surface area (Å²) in [7, 11) is -3.85. The second kappa shape index (κ2) is 10.7. The van der Waals surface area contributed by atoms with Gasteiger partial charge >= 0.3 is 5.97 Å². The first-order valence-electron chi connectivity index (χ1n) is 10.2. The number of primary sulfonamides is 1. The molecule has 0 aliphatic carbocycles. The van der Waals surface area contributed by atoms with Gasteiger partial charge in [0.1, 0.15) is 6.54 Å². The maximum atomic E-state index is 12.3. The molecule has 176 valence electrons. The summed E-state index contributed by atoms with van der Waals surface area (Å²) < 4.78 is 27.6. The van der Waals surface area contributed by atoms with Crippen LogP contribution >= 0.6 is 0 Å². The molecular weight excluding hydrogens is 458 g/mol. The van der Waals surface area contributed by atoms with E-state index in [9.17, 15) is 22.8 Å². The maximum absolute atomic E-state index is 12.3. The van der Waals surface area contributed by atoms with Gasteiger partial charge in [0.2, 0.25) is 10.0 Å². The summed E-state index contributed by atoms with van der Waals surface area (Å²) in [6.07, 6.45) is -1.15. The molecule has 2 amide bonds. The van der Waals surface area contributed by atoms with Gasteiger partial charge in [0, 0.05) is 11.3 Å². The summed E-state index contributed by atoms with van der Waals surface area (Å²) in [5.41, 5.74) is 2.65. The number of nitrogens with two attached hydrogens (primary N) is 1. The first kappa shape index (κ1) is 24.6. The molecule has 0 aromatic heterocycles. The quantitative estimate of drug-likeness (QED) is 0.421. The van der Waals surface area contributed by atoms with E-state index in [1.807, 2.05) is 42.5 Å². The normalized spacial score (nSPS) is 11.8. The highest BCUT2D eigenvalue weighted by Gasteiger charge is 2.19. The molecule has 0 aliphatic rings. The Labute approximate surface area is 197 Å². The molecule has 0 saturated carbocycles. The van der Waals surface area contributed by atoms with Gasteiger partial charge in [-0.15, -0.1) is 0 Å². The second-order valence-corrected chi connectivity index (χ2v) is 8.88. The van der Waals surface area contributed by atoms with Crippen LogP contribution in [0.4, 0.5) is 5.69 Å². The minimum Gasteiger partial charge on any atom is -0.451 e. The van der Waals surface area contributed by atoms with Crippen molar-refractivity contribution in [2.24, 2.45) is 5.14 Å². The lowest BCUT2D eigenvalue weighted by atomic mass is 10.0. The Balaban J connectivity index is 1.47. The number of hydrogen-bond acceptors (Lipinski definition) is 6. The largest absolute Gasteiger partial charge is 0.451 e. The van der Waals surface area contributed by atoms with Crippen molar-refractivity contribution >= 4 is 33.5 Å². The van der Waals surface area contributed by atoms with Gasteiger partial charge in [-0.1, -0.05) is 42.5 Å². The van der Waals surface area contributed by atoms with Crippen LogP contribution in [-0.2, 0) is 24.3 Å². The van der Waals surface area contributed by atoms with Gasteiger partial charge in [0.05, 0.1) is 4.90 Å². The fraction of sp³-hybridized carbons (Fsp3) is 0.125. The predicted molar refractivity (Wildman–Crippen MR) is 126 cm³/mol. The van der Waals surface area contributed by atoms with E-state index in [0.717, 1.165) is 11.1 Å². The third-order valence-corrected chi connectivity index (χ3v) is 5.70. The molecule has 3 rings (SSSR count). The molecule has 9 nitrogen and oxygen atoms in total. The number of anilines is 1. The highest BCUT2D eigenvalue weighted by Crippen LogP contribution is 2.19. The third-order valence-electron chi connectivity index (χ3n) is 4.78. The van der Waals surface area contributed by atoms with Crippen molar-refractivity contribution in [2.45, 2.75) is 17.9 Å². The van der Waals surface area contributed by atoms with E-state index in [2.05, 4.69) is 10.6 Å². The Hall–Kier alpha value is -4.02. The van der Waals surface area contributed by atoms with Crippen LogP contribution in [0.2, 0.25) is 0 Å². The number of amides is 2. The minimum absolute atomic E-state index is 0.101. The lowest BCUT2D eigenvalue weighted by molar-refractivity contribution is -0.152. The van der Waals surface area contributed by atoms with Crippen molar-refractivity contribution in [1.29, 1.82) is 0 Å². The van der Waals surface area contributed by atoms with Crippen LogP contribution in [0.5, 0.6) is 0 Å². The smallest absolute Gasteiger partial charge is 0.326 e. The van der Waals surface area contributed by atoms with Gasteiger partial charge in [-0.2, -0.15) is 0 Å². The van der Waals surface area contributed by atoms with E-state index in [1.54, 1.807) is 12.1 Å². The van der Waals surface area contributed by atoms with Gasteiger partial charge in [-0.25, -0.2) is 13.6 Å². The molecule has 34 heavy (non-hydrogen) atoms. The molecule has 4 N–H and O–H groups in total. The highest BCUT2D eigenvalue weighted by molar-refractivity contribution is 7.89. The van der Waals surface area contributed by atoms with Gasteiger partial charge in [-0.05, 0) is 54.4 Å². The zero-order valence-electron chi connectivity index (χ0n) is 18.2. The van der Waals surface area contributed by atoms with Crippen molar-refractivity contribution in [3.8, 4) is 11.1 Å². The molecular formula is C24H23N3O6S. The Kier molecular flexibility index (Phi) is 7.77. The molecule has 0 bridgehead atoms. The van der Waals surface area contributed by atoms with Crippen molar-refractivity contribution in [2.75, 3.05) is 11.9 Å². The van der Waals surface area contributed by atoms with Gasteiger partial charge in [0.25, 0.3) is 11.8 Å². The first-order chi connectivity index (χ1) is 16.1. The van der Waals surface area contributed by atoms with Crippen LogP contribution in [0.25, 0.3) is 11.1 Å². The minimum atomic E-state index is -3.85. The van der Waals surface area contributed by atoms with Gasteiger partial charge in [0.15, 0.2) is 6.10 Å². The standard InChI is InChI=1S/C24H23N3O6S/c1-16(23(29)27-20-11-13-21(14-12-20)34(25,31)32)33-22(28)15-26-24(30)19-9-7-18(8-10-19)17-5-3-2-4-6-17/h2-14,16H,15H2,1H3,(H,26,30)(H,27,29)(H2,25,31,32)/t16-/m0/s1. The lowest BCUT2D eigenvalue weighted by Crippen LogP contribution is -2.35. The topological polar surface area (TPSA) is 145 Å². The van der Waals surface area contributed by atoms with Crippen molar-refractivity contribution in [3.05, 3.63) is 84.4 Å². The number of benzene rings is 3. The van der Waals surface area contributed by atoms with E-state index < -0.39 is 40.5 Å². The van der Waals surface area contributed by atoms with Crippen LogP contribution in [0.3, 0.4) is 0 Å². The van der Waals surface area contributed by atoms with E-state index in [0.29, 0.717) is 11.3 Å². The molecule has 0 fully saturated rings. The van der Waals surface area contributed by atoms with Crippen LogP contribution in [0, 0.1) is 0 Å². The number of rotatable bonds is 8. The fourth-order valence-corrected chi connectivity index (χ4v) is 3.48. The maximum Gasteiger partial charge on any atom is 0.326 e. The third kappa shape index (κ3) is 6.74. The molecule has 3 aromatic carbocycles. The molecule has 10 heteroatoms.